The standard InChI is InChI=1S/C14H24N4S/c1-4-15-14(18-11-5-6-11)16-8-7-12-9-19-13(17-12)10(2)3/h9-11H,4-8H2,1-3H3,(H2,15,16,18). The molecule has 0 amide bonds. The smallest absolute Gasteiger partial charge is 0.191 e. The highest BCUT2D eigenvalue weighted by Crippen LogP contribution is 2.19. The van der Waals surface area contributed by atoms with Crippen LogP contribution in [0.3, 0.4) is 0 Å². The second kappa shape index (κ2) is 6.89. The maximum Gasteiger partial charge on any atom is 0.191 e. The van der Waals surface area contributed by atoms with E-state index in [4.69, 9.17) is 0 Å². The average Bonchev–Trinajstić information content (AvgIpc) is 3.05. The fourth-order valence-corrected chi connectivity index (χ4v) is 2.60. The first-order valence-corrected chi connectivity index (χ1v) is 8.06. The first-order valence-electron chi connectivity index (χ1n) is 7.18. The molecule has 1 heterocycles. The Morgan fingerprint density at radius 1 is 1.53 bits per heavy atom. The SMILES string of the molecule is CCNC(=NCCc1csc(C(C)C)n1)NC1CC1. The van der Waals surface area contributed by atoms with Crippen LogP contribution < -0.4 is 10.6 Å². The van der Waals surface area contributed by atoms with Gasteiger partial charge in [0, 0.05) is 36.9 Å². The molecule has 1 aromatic heterocycles. The van der Waals surface area contributed by atoms with E-state index in [0.29, 0.717) is 12.0 Å². The van der Waals surface area contributed by atoms with Gasteiger partial charge in [0.15, 0.2) is 5.96 Å². The molecule has 19 heavy (non-hydrogen) atoms. The summed E-state index contributed by atoms with van der Waals surface area (Å²) < 4.78 is 0. The first kappa shape index (κ1) is 14.3. The molecule has 4 nitrogen and oxygen atoms in total. The molecule has 0 atom stereocenters. The van der Waals surface area contributed by atoms with Gasteiger partial charge < -0.3 is 10.6 Å². The topological polar surface area (TPSA) is 49.3 Å². The number of nitrogens with one attached hydrogen (secondary N) is 2. The molecule has 0 unspecified atom stereocenters. The van der Waals surface area contributed by atoms with Crippen molar-refractivity contribution in [1.82, 2.24) is 15.6 Å². The molecule has 0 aromatic carbocycles. The highest BCUT2D eigenvalue weighted by atomic mass is 32.1. The zero-order chi connectivity index (χ0) is 13.7. The van der Waals surface area contributed by atoms with Gasteiger partial charge >= 0.3 is 0 Å². The third-order valence-electron chi connectivity index (χ3n) is 2.96. The lowest BCUT2D eigenvalue weighted by Crippen LogP contribution is -2.38. The van der Waals surface area contributed by atoms with Gasteiger partial charge in [-0.15, -0.1) is 11.3 Å². The second-order valence-electron chi connectivity index (χ2n) is 5.26. The largest absolute Gasteiger partial charge is 0.357 e. The number of aromatic nitrogens is 1. The molecule has 1 aliphatic rings. The van der Waals surface area contributed by atoms with Crippen LogP contribution in [0.15, 0.2) is 10.4 Å². The zero-order valence-electron chi connectivity index (χ0n) is 12.1. The first-order chi connectivity index (χ1) is 9.19. The Morgan fingerprint density at radius 2 is 2.32 bits per heavy atom. The molecule has 0 saturated heterocycles. The van der Waals surface area contributed by atoms with Gasteiger partial charge in [-0.1, -0.05) is 13.8 Å². The average molecular weight is 280 g/mol. The summed E-state index contributed by atoms with van der Waals surface area (Å²) in [5.41, 5.74) is 1.17. The predicted octanol–water partition coefficient (Wildman–Crippen LogP) is 2.53. The Bertz CT molecular complexity index is 421. The molecular weight excluding hydrogens is 256 g/mol. The lowest BCUT2D eigenvalue weighted by Gasteiger charge is -2.09. The fraction of sp³-hybridized carbons (Fsp3) is 0.714. The number of thiazole rings is 1. The highest BCUT2D eigenvalue weighted by Gasteiger charge is 2.21. The minimum Gasteiger partial charge on any atom is -0.357 e. The van der Waals surface area contributed by atoms with Crippen LogP contribution in [0, 0.1) is 0 Å². The van der Waals surface area contributed by atoms with E-state index >= 15 is 0 Å². The van der Waals surface area contributed by atoms with E-state index in [1.807, 2.05) is 0 Å². The molecule has 2 N–H and O–H groups in total. The molecule has 1 fully saturated rings. The van der Waals surface area contributed by atoms with Crippen LogP contribution in [0.4, 0.5) is 0 Å². The van der Waals surface area contributed by atoms with Crippen molar-refractivity contribution in [2.75, 3.05) is 13.1 Å². The third kappa shape index (κ3) is 4.82. The van der Waals surface area contributed by atoms with Crippen LogP contribution in [0.5, 0.6) is 0 Å². The van der Waals surface area contributed by atoms with Gasteiger partial charge in [0.1, 0.15) is 0 Å². The molecule has 0 spiro atoms. The maximum atomic E-state index is 4.63. The van der Waals surface area contributed by atoms with E-state index < -0.39 is 0 Å². The molecule has 2 rings (SSSR count). The van der Waals surface area contributed by atoms with Gasteiger partial charge in [0.25, 0.3) is 0 Å². The minimum absolute atomic E-state index is 0.524. The van der Waals surface area contributed by atoms with Crippen molar-refractivity contribution in [3.05, 3.63) is 16.1 Å². The molecule has 1 aliphatic carbocycles. The fourth-order valence-electron chi connectivity index (χ4n) is 1.73. The maximum absolute atomic E-state index is 4.63. The summed E-state index contributed by atoms with van der Waals surface area (Å²) in [6.45, 7) is 8.17. The number of hydrogen-bond acceptors (Lipinski definition) is 3. The van der Waals surface area contributed by atoms with E-state index in [-0.39, 0.29) is 0 Å². The molecule has 106 valence electrons. The molecule has 1 aromatic rings. The summed E-state index contributed by atoms with van der Waals surface area (Å²) in [6, 6.07) is 0.643. The second-order valence-corrected chi connectivity index (χ2v) is 6.15. The van der Waals surface area contributed by atoms with E-state index in [9.17, 15) is 0 Å². The van der Waals surface area contributed by atoms with Gasteiger partial charge in [0.2, 0.25) is 0 Å². The minimum atomic E-state index is 0.524. The van der Waals surface area contributed by atoms with E-state index in [1.165, 1.54) is 23.5 Å². The van der Waals surface area contributed by atoms with Crippen molar-refractivity contribution < 1.29 is 0 Å². The van der Waals surface area contributed by atoms with Crippen molar-refractivity contribution >= 4 is 17.3 Å². The summed E-state index contributed by atoms with van der Waals surface area (Å²) >= 11 is 1.76. The van der Waals surface area contributed by atoms with E-state index in [0.717, 1.165) is 25.5 Å². The zero-order valence-corrected chi connectivity index (χ0v) is 12.9. The van der Waals surface area contributed by atoms with Gasteiger partial charge in [-0.2, -0.15) is 0 Å². The van der Waals surface area contributed by atoms with Crippen molar-refractivity contribution in [1.29, 1.82) is 0 Å². The third-order valence-corrected chi connectivity index (χ3v) is 4.16. The van der Waals surface area contributed by atoms with Crippen LogP contribution in [0.1, 0.15) is 50.2 Å². The number of rotatable bonds is 6. The number of aliphatic imine (C=N–C) groups is 1. The van der Waals surface area contributed by atoms with E-state index in [1.54, 1.807) is 11.3 Å². The van der Waals surface area contributed by atoms with Gasteiger partial charge in [-0.3, -0.25) is 4.99 Å². The Kier molecular flexibility index (Phi) is 5.19. The number of guanidine groups is 1. The predicted molar refractivity (Wildman–Crippen MR) is 82.0 cm³/mol. The summed E-state index contributed by atoms with van der Waals surface area (Å²) in [5, 5.41) is 10.1. The van der Waals surface area contributed by atoms with Crippen LogP contribution in [-0.2, 0) is 6.42 Å². The van der Waals surface area contributed by atoms with Crippen LogP contribution in [-0.4, -0.2) is 30.1 Å². The lowest BCUT2D eigenvalue weighted by atomic mass is 10.2. The quantitative estimate of drug-likeness (QED) is 0.622. The number of hydrogen-bond donors (Lipinski definition) is 2. The summed E-state index contributed by atoms with van der Waals surface area (Å²) in [5.74, 6) is 1.47. The Labute approximate surface area is 119 Å². The highest BCUT2D eigenvalue weighted by molar-refractivity contribution is 7.09. The number of nitrogens with zero attached hydrogens (tertiary/aromatic N) is 2. The Hall–Kier alpha value is -1.10. The monoisotopic (exact) mass is 280 g/mol. The summed E-state index contributed by atoms with van der Waals surface area (Å²) in [7, 11) is 0. The molecule has 1 saturated carbocycles. The van der Waals surface area contributed by atoms with Crippen molar-refractivity contribution in [3.8, 4) is 0 Å². The Morgan fingerprint density at radius 3 is 2.89 bits per heavy atom. The molecule has 5 heteroatoms. The normalized spacial score (nSPS) is 15.9. The van der Waals surface area contributed by atoms with Crippen molar-refractivity contribution in [3.63, 3.8) is 0 Å². The van der Waals surface area contributed by atoms with Crippen molar-refractivity contribution in [2.45, 2.75) is 52.0 Å². The molecule has 0 bridgehead atoms. The van der Waals surface area contributed by atoms with E-state index in [2.05, 4.69) is 46.8 Å². The van der Waals surface area contributed by atoms with Gasteiger partial charge in [-0.05, 0) is 19.8 Å². The van der Waals surface area contributed by atoms with Gasteiger partial charge in [0.05, 0.1) is 10.7 Å². The van der Waals surface area contributed by atoms with Crippen LogP contribution >= 0.6 is 11.3 Å². The molecule has 0 radical (unpaired) electrons. The Balaban J connectivity index is 1.81. The molecular formula is C14H24N4S. The lowest BCUT2D eigenvalue weighted by molar-refractivity contribution is 0.799. The van der Waals surface area contributed by atoms with Crippen LogP contribution in [0.25, 0.3) is 0 Å². The van der Waals surface area contributed by atoms with Gasteiger partial charge in [-0.25, -0.2) is 4.98 Å². The van der Waals surface area contributed by atoms with Crippen molar-refractivity contribution in [2.24, 2.45) is 4.99 Å². The molecule has 0 aliphatic heterocycles. The van der Waals surface area contributed by atoms with Crippen LogP contribution in [0.2, 0.25) is 0 Å². The summed E-state index contributed by atoms with van der Waals surface area (Å²) in [4.78, 5) is 9.24. The summed E-state index contributed by atoms with van der Waals surface area (Å²) in [6.07, 6.45) is 3.47.